The second-order valence-electron chi connectivity index (χ2n) is 7.95. The summed E-state index contributed by atoms with van der Waals surface area (Å²) in [6, 6.07) is 6.16. The first-order valence-electron chi connectivity index (χ1n) is 10.5. The summed E-state index contributed by atoms with van der Waals surface area (Å²) in [5, 5.41) is 11.1. The molecule has 0 bridgehead atoms. The van der Waals surface area contributed by atoms with E-state index in [1.165, 1.54) is 35.4 Å². The molecule has 0 aliphatic carbocycles. The molecule has 11 heteroatoms. The smallest absolute Gasteiger partial charge is 0.368 e. The molecule has 4 rings (SSSR count). The van der Waals surface area contributed by atoms with E-state index in [0.29, 0.717) is 6.54 Å². The third kappa shape index (κ3) is 4.81. The summed E-state index contributed by atoms with van der Waals surface area (Å²) in [7, 11) is 0. The predicted octanol–water partition coefficient (Wildman–Crippen LogP) is 4.17. The average molecular weight is 462 g/mol. The molecule has 7 nitrogen and oxygen atoms in total. The molecule has 1 saturated heterocycles. The van der Waals surface area contributed by atoms with Crippen LogP contribution in [0, 0.1) is 11.7 Å². The molecule has 3 heterocycles. The normalized spacial score (nSPS) is 18.9. The van der Waals surface area contributed by atoms with Crippen molar-refractivity contribution in [1.82, 2.24) is 24.9 Å². The van der Waals surface area contributed by atoms with Crippen LogP contribution in [-0.4, -0.2) is 49.9 Å². The van der Waals surface area contributed by atoms with Gasteiger partial charge in [-0.3, -0.25) is 4.79 Å². The van der Waals surface area contributed by atoms with Gasteiger partial charge in [-0.25, -0.2) is 9.37 Å². The van der Waals surface area contributed by atoms with Gasteiger partial charge < -0.3 is 10.2 Å². The highest BCUT2D eigenvalue weighted by Gasteiger charge is 2.35. The van der Waals surface area contributed by atoms with Crippen molar-refractivity contribution in [2.75, 3.05) is 18.4 Å². The van der Waals surface area contributed by atoms with Crippen molar-refractivity contribution < 1.29 is 22.4 Å². The zero-order chi connectivity index (χ0) is 23.6. The SMILES string of the molecule is C[C@@H]1CCCN(C(=O)c2c(F)cccc2-n2nccn2)C1CNc1ccc(C(F)(F)F)cn1. The number of piperidine rings is 1. The number of hydrogen-bond donors (Lipinski definition) is 1. The second-order valence-corrected chi connectivity index (χ2v) is 7.95. The van der Waals surface area contributed by atoms with Crippen molar-refractivity contribution in [3.8, 4) is 5.69 Å². The fourth-order valence-corrected chi connectivity index (χ4v) is 4.06. The Labute approximate surface area is 187 Å². The molecular formula is C22H22F4N6O. The standard InChI is InChI=1S/C22H22F4N6O/c1-14-4-3-11-31(18(14)13-28-19-8-7-15(12-27-19)22(24,25)26)21(33)20-16(23)5-2-6-17(20)32-29-9-10-30-32/h2,5-10,12,14,18H,3-4,11,13H2,1H3,(H,27,28)/t14-,18?/m1/s1. The first-order chi connectivity index (χ1) is 15.8. The molecule has 1 aromatic carbocycles. The maximum absolute atomic E-state index is 14.8. The van der Waals surface area contributed by atoms with Gasteiger partial charge in [-0.2, -0.15) is 28.2 Å². The molecule has 0 radical (unpaired) electrons. The molecule has 2 atom stereocenters. The Balaban J connectivity index is 1.56. The quantitative estimate of drug-likeness (QED) is 0.576. The molecule has 33 heavy (non-hydrogen) atoms. The third-order valence-corrected chi connectivity index (χ3v) is 5.80. The number of pyridine rings is 1. The van der Waals surface area contributed by atoms with Crippen molar-refractivity contribution in [1.29, 1.82) is 0 Å². The zero-order valence-electron chi connectivity index (χ0n) is 17.8. The summed E-state index contributed by atoms with van der Waals surface area (Å²) in [5.74, 6) is -0.813. The highest BCUT2D eigenvalue weighted by molar-refractivity contribution is 5.98. The second kappa shape index (κ2) is 9.16. The Kier molecular flexibility index (Phi) is 6.30. The Morgan fingerprint density at radius 3 is 2.61 bits per heavy atom. The van der Waals surface area contributed by atoms with Crippen molar-refractivity contribution >= 4 is 11.7 Å². The number of nitrogens with zero attached hydrogens (tertiary/aromatic N) is 5. The Morgan fingerprint density at radius 1 is 1.18 bits per heavy atom. The lowest BCUT2D eigenvalue weighted by Gasteiger charge is -2.40. The summed E-state index contributed by atoms with van der Waals surface area (Å²) >= 11 is 0. The zero-order valence-corrected chi connectivity index (χ0v) is 17.8. The lowest BCUT2D eigenvalue weighted by Crippen LogP contribution is -2.51. The molecule has 174 valence electrons. The lowest BCUT2D eigenvalue weighted by atomic mass is 9.90. The minimum Gasteiger partial charge on any atom is -0.368 e. The van der Waals surface area contributed by atoms with E-state index < -0.39 is 23.5 Å². The van der Waals surface area contributed by atoms with Gasteiger partial charge in [-0.1, -0.05) is 13.0 Å². The van der Waals surface area contributed by atoms with Crippen LogP contribution >= 0.6 is 0 Å². The molecule has 0 spiro atoms. The minimum absolute atomic E-state index is 0.0858. The van der Waals surface area contributed by atoms with Gasteiger partial charge in [0.2, 0.25) is 0 Å². The van der Waals surface area contributed by atoms with E-state index >= 15 is 0 Å². The number of nitrogens with one attached hydrogen (secondary N) is 1. The topological polar surface area (TPSA) is 75.9 Å². The predicted molar refractivity (Wildman–Crippen MR) is 112 cm³/mol. The largest absolute Gasteiger partial charge is 0.417 e. The summed E-state index contributed by atoms with van der Waals surface area (Å²) in [5.41, 5.74) is -0.727. The fraction of sp³-hybridized carbons (Fsp3) is 0.364. The Morgan fingerprint density at radius 2 is 1.94 bits per heavy atom. The summed E-state index contributed by atoms with van der Waals surface area (Å²) in [6.07, 6.45) is 0.788. The van der Waals surface area contributed by atoms with Crippen LogP contribution in [0.4, 0.5) is 23.4 Å². The molecular weight excluding hydrogens is 440 g/mol. The van der Waals surface area contributed by atoms with Crippen LogP contribution in [0.15, 0.2) is 48.9 Å². The van der Waals surface area contributed by atoms with Crippen molar-refractivity contribution in [2.24, 2.45) is 5.92 Å². The monoisotopic (exact) mass is 462 g/mol. The molecule has 1 aliphatic heterocycles. The van der Waals surface area contributed by atoms with E-state index in [-0.39, 0.29) is 35.6 Å². The number of halogens is 4. The van der Waals surface area contributed by atoms with Gasteiger partial charge in [-0.15, -0.1) is 0 Å². The minimum atomic E-state index is -4.46. The summed E-state index contributed by atoms with van der Waals surface area (Å²) < 4.78 is 53.1. The van der Waals surface area contributed by atoms with Crippen molar-refractivity contribution in [3.63, 3.8) is 0 Å². The Bertz CT molecular complexity index is 1100. The number of benzene rings is 1. The van der Waals surface area contributed by atoms with Gasteiger partial charge in [0.15, 0.2) is 0 Å². The summed E-state index contributed by atoms with van der Waals surface area (Å²) in [4.78, 5) is 20.1. The van der Waals surface area contributed by atoms with Crippen LogP contribution in [0.25, 0.3) is 5.69 Å². The molecule has 1 aliphatic rings. The number of alkyl halides is 3. The van der Waals surface area contributed by atoms with Crippen LogP contribution < -0.4 is 5.32 Å². The van der Waals surface area contributed by atoms with Crippen LogP contribution in [0.5, 0.6) is 0 Å². The molecule has 0 saturated carbocycles. The van der Waals surface area contributed by atoms with Crippen LogP contribution in [0.3, 0.4) is 0 Å². The molecule has 1 fully saturated rings. The Hall–Kier alpha value is -3.50. The number of carbonyl (C=O) groups is 1. The maximum atomic E-state index is 14.8. The molecule has 1 amide bonds. The highest BCUT2D eigenvalue weighted by Crippen LogP contribution is 2.30. The van der Waals surface area contributed by atoms with E-state index in [9.17, 15) is 22.4 Å². The van der Waals surface area contributed by atoms with Crippen molar-refractivity contribution in [2.45, 2.75) is 32.0 Å². The maximum Gasteiger partial charge on any atom is 0.417 e. The first-order valence-corrected chi connectivity index (χ1v) is 10.5. The van der Waals surface area contributed by atoms with Gasteiger partial charge in [0.1, 0.15) is 22.9 Å². The third-order valence-electron chi connectivity index (χ3n) is 5.80. The van der Waals surface area contributed by atoms with Gasteiger partial charge in [0.05, 0.1) is 24.0 Å². The number of carbonyl (C=O) groups excluding carboxylic acids is 1. The van der Waals surface area contributed by atoms with Crippen molar-refractivity contribution in [3.05, 3.63) is 65.9 Å². The van der Waals surface area contributed by atoms with E-state index in [1.54, 1.807) is 11.0 Å². The summed E-state index contributed by atoms with van der Waals surface area (Å²) in [6.45, 7) is 2.68. The fourth-order valence-electron chi connectivity index (χ4n) is 4.06. The molecule has 1 unspecified atom stereocenters. The number of hydrogen-bond acceptors (Lipinski definition) is 5. The van der Waals surface area contributed by atoms with Gasteiger partial charge in [-0.05, 0) is 43.0 Å². The number of rotatable bonds is 5. The highest BCUT2D eigenvalue weighted by atomic mass is 19.4. The van der Waals surface area contributed by atoms with Gasteiger partial charge in [0.25, 0.3) is 5.91 Å². The first kappa shape index (κ1) is 22.7. The molecule has 1 N–H and O–H groups in total. The molecule has 3 aromatic rings. The number of anilines is 1. The van der Waals surface area contributed by atoms with E-state index in [1.807, 2.05) is 6.92 Å². The van der Waals surface area contributed by atoms with Crippen LogP contribution in [0.2, 0.25) is 0 Å². The lowest BCUT2D eigenvalue weighted by molar-refractivity contribution is -0.137. The van der Waals surface area contributed by atoms with E-state index in [0.717, 1.165) is 25.1 Å². The van der Waals surface area contributed by atoms with E-state index in [4.69, 9.17) is 0 Å². The van der Waals surface area contributed by atoms with Gasteiger partial charge in [0, 0.05) is 19.3 Å². The van der Waals surface area contributed by atoms with Gasteiger partial charge >= 0.3 is 6.18 Å². The van der Waals surface area contributed by atoms with E-state index in [2.05, 4.69) is 20.5 Å². The van der Waals surface area contributed by atoms with Crippen LogP contribution in [0.1, 0.15) is 35.7 Å². The number of likely N-dealkylation sites (tertiary alicyclic amines) is 1. The molecule has 2 aromatic heterocycles. The number of aromatic nitrogens is 4. The average Bonchev–Trinajstić information content (AvgIpc) is 3.32. The van der Waals surface area contributed by atoms with Crippen LogP contribution in [-0.2, 0) is 6.18 Å². The number of amides is 1.